The van der Waals surface area contributed by atoms with Crippen LogP contribution in [0.25, 0.3) is 0 Å². The number of aliphatic hydroxyl groups excluding tert-OH is 2. The van der Waals surface area contributed by atoms with E-state index in [2.05, 4.69) is 6.92 Å². The molecule has 1 fully saturated rings. The lowest BCUT2D eigenvalue weighted by atomic mass is 10.1. The summed E-state index contributed by atoms with van der Waals surface area (Å²) in [6.45, 7) is 3.84. The summed E-state index contributed by atoms with van der Waals surface area (Å²) in [6.07, 6.45) is 2.90. The molecule has 112 valence electrons. The van der Waals surface area contributed by atoms with Gasteiger partial charge >= 0.3 is 5.97 Å². The highest BCUT2D eigenvalue weighted by Gasteiger charge is 2.40. The van der Waals surface area contributed by atoms with Gasteiger partial charge in [-0.3, -0.25) is 4.79 Å². The molecule has 1 aliphatic rings. The van der Waals surface area contributed by atoms with Gasteiger partial charge in [-0.25, -0.2) is 0 Å². The first kappa shape index (κ1) is 16.4. The first-order valence-electron chi connectivity index (χ1n) is 7.23. The maximum absolute atomic E-state index is 11.5. The summed E-state index contributed by atoms with van der Waals surface area (Å²) < 4.78 is 10.4. The van der Waals surface area contributed by atoms with Crippen molar-refractivity contribution in [2.75, 3.05) is 6.61 Å². The van der Waals surface area contributed by atoms with Gasteiger partial charge in [0.1, 0.15) is 24.9 Å². The average molecular weight is 274 g/mol. The van der Waals surface area contributed by atoms with Crippen LogP contribution in [-0.2, 0) is 14.3 Å². The fraction of sp³-hybridized carbons (Fsp3) is 0.929. The Bertz CT molecular complexity index is 269. The number of carbonyl (C=O) groups excluding carboxylic acids is 1. The smallest absolute Gasteiger partial charge is 0.305 e. The number of ether oxygens (including phenoxy) is 2. The molecule has 0 saturated carbocycles. The lowest BCUT2D eigenvalue weighted by Crippen LogP contribution is -2.34. The van der Waals surface area contributed by atoms with Crippen molar-refractivity contribution < 1.29 is 24.5 Å². The second kappa shape index (κ2) is 8.51. The molecule has 0 aromatic heterocycles. The van der Waals surface area contributed by atoms with E-state index < -0.39 is 24.4 Å². The number of hydrogen-bond donors (Lipinski definition) is 2. The Balaban J connectivity index is 2.10. The Morgan fingerprint density at radius 2 is 1.84 bits per heavy atom. The maximum Gasteiger partial charge on any atom is 0.305 e. The van der Waals surface area contributed by atoms with Crippen molar-refractivity contribution in [2.45, 2.75) is 76.8 Å². The third kappa shape index (κ3) is 5.47. The van der Waals surface area contributed by atoms with Crippen LogP contribution in [0.5, 0.6) is 0 Å². The fourth-order valence-corrected chi connectivity index (χ4v) is 2.19. The molecule has 2 N–H and O–H groups in total. The Hall–Kier alpha value is -0.650. The van der Waals surface area contributed by atoms with Crippen LogP contribution in [0.15, 0.2) is 0 Å². The molecule has 0 amide bonds. The van der Waals surface area contributed by atoms with Gasteiger partial charge in [-0.2, -0.15) is 0 Å². The van der Waals surface area contributed by atoms with E-state index in [1.807, 2.05) is 0 Å². The summed E-state index contributed by atoms with van der Waals surface area (Å²) in [5, 5.41) is 19.2. The van der Waals surface area contributed by atoms with E-state index in [4.69, 9.17) is 9.47 Å². The van der Waals surface area contributed by atoms with Gasteiger partial charge in [-0.15, -0.1) is 0 Å². The van der Waals surface area contributed by atoms with Crippen molar-refractivity contribution in [1.29, 1.82) is 0 Å². The maximum atomic E-state index is 11.5. The summed E-state index contributed by atoms with van der Waals surface area (Å²) in [4.78, 5) is 11.5. The lowest BCUT2D eigenvalue weighted by Gasteiger charge is -2.14. The van der Waals surface area contributed by atoms with Crippen LogP contribution < -0.4 is 0 Å². The summed E-state index contributed by atoms with van der Waals surface area (Å²) in [6, 6.07) is 0. The predicted molar refractivity (Wildman–Crippen MR) is 70.7 cm³/mol. The minimum Gasteiger partial charge on any atom is -0.463 e. The third-order valence-corrected chi connectivity index (χ3v) is 3.49. The first-order chi connectivity index (χ1) is 9.06. The molecule has 1 saturated heterocycles. The molecular formula is C14H26O5. The third-order valence-electron chi connectivity index (χ3n) is 3.49. The first-order valence-corrected chi connectivity index (χ1v) is 7.23. The van der Waals surface area contributed by atoms with E-state index in [0.29, 0.717) is 6.42 Å². The second-order valence-electron chi connectivity index (χ2n) is 5.21. The molecular weight excluding hydrogens is 248 g/mol. The summed E-state index contributed by atoms with van der Waals surface area (Å²) in [5.74, 6) is -0.263. The van der Waals surface area contributed by atoms with Gasteiger partial charge in [0, 0.05) is 6.42 Å². The highest BCUT2D eigenvalue weighted by atomic mass is 16.6. The second-order valence-corrected chi connectivity index (χ2v) is 5.21. The molecule has 0 bridgehead atoms. The monoisotopic (exact) mass is 274 g/mol. The van der Waals surface area contributed by atoms with E-state index >= 15 is 0 Å². The van der Waals surface area contributed by atoms with Crippen LogP contribution in [0, 0.1) is 0 Å². The van der Waals surface area contributed by atoms with Gasteiger partial charge < -0.3 is 19.7 Å². The summed E-state index contributed by atoms with van der Waals surface area (Å²) in [5.41, 5.74) is 0. The van der Waals surface area contributed by atoms with Crippen molar-refractivity contribution in [3.63, 3.8) is 0 Å². The number of carbonyl (C=O) groups is 1. The number of aliphatic hydroxyl groups is 2. The molecule has 1 unspecified atom stereocenters. The summed E-state index contributed by atoms with van der Waals surface area (Å²) in [7, 11) is 0. The normalized spacial score (nSPS) is 30.5. The molecule has 0 aromatic carbocycles. The van der Waals surface area contributed by atoms with Crippen LogP contribution in [-0.4, -0.2) is 47.2 Å². The van der Waals surface area contributed by atoms with Crippen LogP contribution >= 0.6 is 0 Å². The van der Waals surface area contributed by atoms with Crippen molar-refractivity contribution >= 4 is 5.97 Å². The number of unbranched alkanes of at least 4 members (excludes halogenated alkanes) is 4. The van der Waals surface area contributed by atoms with E-state index in [-0.39, 0.29) is 12.6 Å². The Morgan fingerprint density at radius 3 is 2.42 bits per heavy atom. The van der Waals surface area contributed by atoms with E-state index in [0.717, 1.165) is 19.3 Å². The zero-order chi connectivity index (χ0) is 14.3. The van der Waals surface area contributed by atoms with Crippen molar-refractivity contribution in [3.8, 4) is 0 Å². The van der Waals surface area contributed by atoms with Crippen molar-refractivity contribution in [2.24, 2.45) is 0 Å². The zero-order valence-corrected chi connectivity index (χ0v) is 11.9. The number of esters is 1. The topological polar surface area (TPSA) is 76.0 Å². The largest absolute Gasteiger partial charge is 0.463 e. The standard InChI is InChI=1S/C14H26O5/c1-3-4-5-6-7-8-12(15)18-9-11-14(17)13(16)10(2)19-11/h10-11,13-14,16-17H,3-9H2,1-2H3/t10-,11?,13-,14+/m0/s1. The van der Waals surface area contributed by atoms with Crippen LogP contribution in [0.3, 0.4) is 0 Å². The summed E-state index contributed by atoms with van der Waals surface area (Å²) >= 11 is 0. The molecule has 5 nitrogen and oxygen atoms in total. The number of hydrogen-bond acceptors (Lipinski definition) is 5. The van der Waals surface area contributed by atoms with Crippen LogP contribution in [0.4, 0.5) is 0 Å². The molecule has 0 spiro atoms. The molecule has 0 radical (unpaired) electrons. The lowest BCUT2D eigenvalue weighted by molar-refractivity contribution is -0.149. The van der Waals surface area contributed by atoms with E-state index in [1.54, 1.807) is 6.92 Å². The van der Waals surface area contributed by atoms with Crippen LogP contribution in [0.2, 0.25) is 0 Å². The van der Waals surface area contributed by atoms with Crippen molar-refractivity contribution in [3.05, 3.63) is 0 Å². The molecule has 0 aromatic rings. The molecule has 4 atom stereocenters. The van der Waals surface area contributed by atoms with Gasteiger partial charge in [-0.1, -0.05) is 32.6 Å². The quantitative estimate of drug-likeness (QED) is 0.517. The zero-order valence-electron chi connectivity index (χ0n) is 11.9. The minimum absolute atomic E-state index is 0.0103. The van der Waals surface area contributed by atoms with Gasteiger partial charge in [-0.05, 0) is 13.3 Å². The number of rotatable bonds is 8. The van der Waals surface area contributed by atoms with Gasteiger partial charge in [0.25, 0.3) is 0 Å². The highest BCUT2D eigenvalue weighted by Crippen LogP contribution is 2.21. The fourth-order valence-electron chi connectivity index (χ4n) is 2.19. The Labute approximate surface area is 114 Å². The van der Waals surface area contributed by atoms with Gasteiger partial charge in [0.15, 0.2) is 0 Å². The molecule has 5 heteroatoms. The molecule has 1 heterocycles. The molecule has 0 aliphatic carbocycles. The van der Waals surface area contributed by atoms with Gasteiger partial charge in [0.05, 0.1) is 6.10 Å². The minimum atomic E-state index is -0.979. The molecule has 1 aliphatic heterocycles. The highest BCUT2D eigenvalue weighted by molar-refractivity contribution is 5.69. The Morgan fingerprint density at radius 1 is 1.16 bits per heavy atom. The molecule has 1 rings (SSSR count). The average Bonchev–Trinajstić information content (AvgIpc) is 2.63. The van der Waals surface area contributed by atoms with E-state index in [9.17, 15) is 15.0 Å². The van der Waals surface area contributed by atoms with Crippen LogP contribution in [0.1, 0.15) is 52.4 Å². The Kier molecular flexibility index (Phi) is 7.34. The SMILES string of the molecule is CCCCCCCC(=O)OCC1O[C@@H](C)[C@H](O)[C@@H]1O. The van der Waals surface area contributed by atoms with E-state index in [1.165, 1.54) is 12.8 Å². The van der Waals surface area contributed by atoms with Crippen molar-refractivity contribution in [1.82, 2.24) is 0 Å². The van der Waals surface area contributed by atoms with Gasteiger partial charge in [0.2, 0.25) is 0 Å². The molecule has 19 heavy (non-hydrogen) atoms. The predicted octanol–water partition coefficient (Wildman–Crippen LogP) is 1.40.